The Morgan fingerprint density at radius 3 is 2.64 bits per heavy atom. The zero-order valence-electron chi connectivity index (χ0n) is 18.1. The van der Waals surface area contributed by atoms with E-state index in [1.165, 1.54) is 0 Å². The van der Waals surface area contributed by atoms with E-state index in [0.29, 0.717) is 11.5 Å². The van der Waals surface area contributed by atoms with Crippen LogP contribution >= 0.6 is 12.4 Å². The summed E-state index contributed by atoms with van der Waals surface area (Å²) in [5.74, 6) is 0.753. The molecule has 22 heavy (non-hydrogen) atoms. The molecule has 1 aliphatic heterocycles. The molecule has 0 aromatic heterocycles. The Hall–Kier alpha value is -1.77. The lowest BCUT2D eigenvalue weighted by Crippen LogP contribution is -2.12. The number of rotatable bonds is 3. The van der Waals surface area contributed by atoms with E-state index in [9.17, 15) is 0 Å². The third-order valence-corrected chi connectivity index (χ3v) is 3.57. The first-order valence-corrected chi connectivity index (χ1v) is 6.96. The average Bonchev–Trinajstić information content (AvgIpc) is 2.74. The molecule has 0 radical (unpaired) electrons. The van der Waals surface area contributed by atoms with E-state index in [-0.39, 0.29) is 25.4 Å². The van der Waals surface area contributed by atoms with E-state index < -0.39 is 14.0 Å². The minimum atomic E-state index is -2.67. The van der Waals surface area contributed by atoms with Crippen LogP contribution in [0.2, 0.25) is 0 Å². The molecule has 0 N–H and O–H groups in total. The van der Waals surface area contributed by atoms with Crippen molar-refractivity contribution in [3.05, 3.63) is 71.3 Å². The molecule has 1 heterocycles. The van der Waals surface area contributed by atoms with E-state index in [4.69, 9.17) is 13.0 Å². The summed E-state index contributed by atoms with van der Waals surface area (Å²) in [7, 11) is 0. The van der Waals surface area contributed by atoms with Gasteiger partial charge < -0.3 is 9.64 Å². The summed E-state index contributed by atoms with van der Waals surface area (Å²) in [6.07, 6.45) is 2.19. The monoisotopic (exact) mass is 321 g/mol. The highest BCUT2D eigenvalue weighted by molar-refractivity contribution is 5.85. The zero-order valence-corrected chi connectivity index (χ0v) is 12.9. The van der Waals surface area contributed by atoms with Crippen LogP contribution in [0.3, 0.4) is 0 Å². The largest absolute Gasteiger partial charge is 0.488 e. The van der Waals surface area contributed by atoms with Crippen molar-refractivity contribution in [1.29, 1.82) is 0 Å². The van der Waals surface area contributed by atoms with Gasteiger partial charge in [0.2, 0.25) is 0 Å². The van der Waals surface area contributed by atoms with E-state index in [2.05, 4.69) is 0 Å². The first kappa shape index (κ1) is 10.1. The minimum Gasteiger partial charge on any atom is -0.488 e. The summed E-state index contributed by atoms with van der Waals surface area (Å²) >= 11 is 0. The Balaban J connectivity index is 0.00000280. The van der Waals surface area contributed by atoms with E-state index in [1.54, 1.807) is 0 Å². The van der Waals surface area contributed by atoms with Gasteiger partial charge in [0.1, 0.15) is 12.4 Å². The van der Waals surface area contributed by atoms with Crippen molar-refractivity contribution in [2.24, 2.45) is 0 Å². The second-order valence-electron chi connectivity index (χ2n) is 5.00. The predicted octanol–water partition coefficient (Wildman–Crippen LogP) is 4.38. The molecule has 3 rings (SSSR count). The van der Waals surface area contributed by atoms with Gasteiger partial charge in [0.15, 0.2) is 0 Å². The molecular formula is C19H22ClNO. The fourth-order valence-corrected chi connectivity index (χ4v) is 2.58. The smallest absolute Gasteiger partial charge is 0.127 e. The number of para-hydroxylation sites is 1. The molecule has 0 unspecified atom stereocenters. The molecule has 0 amide bonds. The van der Waals surface area contributed by atoms with Crippen LogP contribution in [0, 0.1) is 0 Å². The second kappa shape index (κ2) is 7.48. The summed E-state index contributed by atoms with van der Waals surface area (Å²) in [6.45, 7) is -5.00. The molecular weight excluding hydrogens is 294 g/mol. The number of ether oxygens (including phenoxy) is 1. The van der Waals surface area contributed by atoms with Gasteiger partial charge in [-0.25, -0.2) is 0 Å². The highest BCUT2D eigenvalue weighted by atomic mass is 35.5. The zero-order chi connectivity index (χ0) is 19.7. The highest BCUT2D eigenvalue weighted by Gasteiger charge is 2.17. The van der Waals surface area contributed by atoms with Crippen molar-refractivity contribution in [2.45, 2.75) is 13.0 Å². The van der Waals surface area contributed by atoms with E-state index in [0.717, 1.165) is 28.0 Å². The van der Waals surface area contributed by atoms with E-state index >= 15 is 0 Å². The van der Waals surface area contributed by atoms with Crippen LogP contribution in [-0.4, -0.2) is 25.4 Å². The Morgan fingerprint density at radius 1 is 1.09 bits per heavy atom. The van der Waals surface area contributed by atoms with Crippen molar-refractivity contribution < 1.29 is 13.0 Å². The number of hydrogen-bond acceptors (Lipinski definition) is 2. The van der Waals surface area contributed by atoms with Gasteiger partial charge in [0.25, 0.3) is 0 Å². The molecule has 0 spiro atoms. The highest BCUT2D eigenvalue weighted by Crippen LogP contribution is 2.36. The van der Waals surface area contributed by atoms with Crippen LogP contribution < -0.4 is 4.74 Å². The fourth-order valence-electron chi connectivity index (χ4n) is 2.58. The van der Waals surface area contributed by atoms with Gasteiger partial charge in [-0.2, -0.15) is 0 Å². The van der Waals surface area contributed by atoms with Crippen LogP contribution in [0.15, 0.2) is 54.6 Å². The molecule has 1 aliphatic rings. The maximum Gasteiger partial charge on any atom is 0.127 e. The molecule has 0 atom stereocenters. The molecule has 116 valence electrons. The first-order chi connectivity index (χ1) is 12.7. The maximum absolute atomic E-state index is 7.50. The predicted molar refractivity (Wildman–Crippen MR) is 94.7 cm³/mol. The molecule has 3 heteroatoms. The summed E-state index contributed by atoms with van der Waals surface area (Å²) in [5, 5.41) is 0. The standard InChI is InChI=1S/C19H21NO.ClH/c1-20(2)13-7-11-17-16-9-4-3-8-15(16)14-21-19-12-6-5-10-18(17)19;/h3-6,8-12H,7,13-14H2,1-2H3;1H/b17-11+;/i1D3,2D3;. The lowest BCUT2D eigenvalue weighted by molar-refractivity contribution is 0.307. The summed E-state index contributed by atoms with van der Waals surface area (Å²) in [4.78, 5) is 0.585. The molecule has 0 saturated heterocycles. The van der Waals surface area contributed by atoms with Crippen LogP contribution in [-0.2, 0) is 6.61 Å². The van der Waals surface area contributed by atoms with Crippen molar-refractivity contribution in [3.8, 4) is 5.75 Å². The van der Waals surface area contributed by atoms with Gasteiger partial charge in [0, 0.05) is 20.3 Å². The Bertz CT molecular complexity index is 783. The summed E-state index contributed by atoms with van der Waals surface area (Å²) in [6, 6.07) is 15.5. The van der Waals surface area contributed by atoms with Gasteiger partial charge in [0.05, 0.1) is 0 Å². The molecule has 0 bridgehead atoms. The van der Waals surface area contributed by atoms with Crippen molar-refractivity contribution in [3.63, 3.8) is 0 Å². The van der Waals surface area contributed by atoms with E-state index in [1.807, 2.05) is 54.6 Å². The van der Waals surface area contributed by atoms with Crippen molar-refractivity contribution >= 4 is 18.0 Å². The van der Waals surface area contributed by atoms with Crippen LogP contribution in [0.1, 0.15) is 31.3 Å². The van der Waals surface area contributed by atoms with Gasteiger partial charge in [-0.1, -0.05) is 48.5 Å². The normalized spacial score (nSPS) is 19.8. The minimum absolute atomic E-state index is 0. The average molecular weight is 322 g/mol. The van der Waals surface area contributed by atoms with Crippen molar-refractivity contribution in [1.82, 2.24) is 4.90 Å². The van der Waals surface area contributed by atoms with Gasteiger partial charge in [-0.15, -0.1) is 12.4 Å². The lowest BCUT2D eigenvalue weighted by Gasteiger charge is -2.12. The second-order valence-corrected chi connectivity index (χ2v) is 5.00. The SMILES string of the molecule is Cl.[2H]C([2H])([2H])N(CC/C=C1\c2ccccc2COc2ccccc21)C([2H])([2H])[2H]. The maximum atomic E-state index is 7.50. The van der Waals surface area contributed by atoms with Crippen LogP contribution in [0.4, 0.5) is 0 Å². The Morgan fingerprint density at radius 2 is 1.82 bits per heavy atom. The molecule has 0 fully saturated rings. The third kappa shape index (κ3) is 3.52. The summed E-state index contributed by atoms with van der Waals surface area (Å²) < 4.78 is 50.9. The van der Waals surface area contributed by atoms with Crippen LogP contribution in [0.25, 0.3) is 5.57 Å². The quantitative estimate of drug-likeness (QED) is 0.831. The topological polar surface area (TPSA) is 12.5 Å². The molecule has 0 aliphatic carbocycles. The van der Waals surface area contributed by atoms with Gasteiger partial charge in [-0.3, -0.25) is 0 Å². The van der Waals surface area contributed by atoms with Crippen LogP contribution in [0.5, 0.6) is 5.75 Å². The number of hydrogen-bond donors (Lipinski definition) is 0. The van der Waals surface area contributed by atoms with Gasteiger partial charge >= 0.3 is 0 Å². The number of benzene rings is 2. The number of fused-ring (bicyclic) bond motifs is 2. The van der Waals surface area contributed by atoms with Gasteiger partial charge in [-0.05, 0) is 43.1 Å². The first-order valence-electron chi connectivity index (χ1n) is 9.96. The Labute approximate surface area is 147 Å². The molecule has 2 nitrogen and oxygen atoms in total. The third-order valence-electron chi connectivity index (χ3n) is 3.57. The number of halogens is 1. The molecule has 0 saturated carbocycles. The fraction of sp³-hybridized carbons (Fsp3) is 0.263. The molecule has 2 aromatic carbocycles. The molecule has 2 aromatic rings. The lowest BCUT2D eigenvalue weighted by atomic mass is 9.93. The number of nitrogens with zero attached hydrogens (tertiary/aromatic N) is 1. The summed E-state index contributed by atoms with van der Waals surface area (Å²) in [5.41, 5.74) is 3.88. The Kier molecular flexibility index (Phi) is 3.43. The van der Waals surface area contributed by atoms with Crippen molar-refractivity contribution in [2.75, 3.05) is 20.5 Å².